The van der Waals surface area contributed by atoms with E-state index in [0.29, 0.717) is 5.75 Å². The van der Waals surface area contributed by atoms with Gasteiger partial charge in [0.2, 0.25) is 0 Å². The highest BCUT2D eigenvalue weighted by Gasteiger charge is 1.96. The average Bonchev–Trinajstić information content (AvgIpc) is 2.04. The van der Waals surface area contributed by atoms with Crippen molar-refractivity contribution in [3.05, 3.63) is 36.9 Å². The zero-order chi connectivity index (χ0) is 7.40. The average molecular weight is 133 g/mol. The Bertz CT molecular complexity index is 183. The molecule has 0 aliphatic rings. The second-order valence-electron chi connectivity index (χ2n) is 2.06. The zero-order valence-electron chi connectivity index (χ0n) is 5.92. The Hall–Kier alpha value is -0.980. The first-order valence-electron chi connectivity index (χ1n) is 3.30. The van der Waals surface area contributed by atoms with Crippen LogP contribution >= 0.6 is 0 Å². The van der Waals surface area contributed by atoms with Crippen LogP contribution in [0.3, 0.4) is 0 Å². The number of hydrogen-bond acceptors (Lipinski definition) is 1. The van der Waals surface area contributed by atoms with Crippen molar-refractivity contribution in [3.63, 3.8) is 0 Å². The summed E-state index contributed by atoms with van der Waals surface area (Å²) in [7, 11) is 6.69. The molecular formula is C9H9O. The van der Waals surface area contributed by atoms with Crippen molar-refractivity contribution in [1.82, 2.24) is 0 Å². The normalized spacial score (nSPS) is 9.40. The zero-order valence-corrected chi connectivity index (χ0v) is 5.92. The first kappa shape index (κ1) is 7.13. The molecule has 0 bridgehead atoms. The maximum Gasteiger partial charge on any atom is 0.253 e. The highest BCUT2D eigenvalue weighted by atomic mass is 16.5. The fourth-order valence-electron chi connectivity index (χ4n) is 0.895. The van der Waals surface area contributed by atoms with Gasteiger partial charge in [0.15, 0.2) is 0 Å². The maximum absolute atomic E-state index is 6.69. The van der Waals surface area contributed by atoms with Gasteiger partial charge in [-0.05, 0) is 18.1 Å². The predicted octanol–water partition coefficient (Wildman–Crippen LogP) is 2.17. The van der Waals surface area contributed by atoms with Crippen molar-refractivity contribution in [2.75, 3.05) is 0 Å². The van der Waals surface area contributed by atoms with Crippen LogP contribution in [-0.4, -0.2) is 0 Å². The van der Waals surface area contributed by atoms with E-state index in [1.54, 1.807) is 6.07 Å². The molecule has 0 heterocycles. The minimum Gasteiger partial charge on any atom is -0.473 e. The summed E-state index contributed by atoms with van der Waals surface area (Å²) in [4.78, 5) is 0. The summed E-state index contributed by atoms with van der Waals surface area (Å²) < 4.78 is 4.39. The molecule has 0 aliphatic carbocycles. The standard InChI is InChI=1S/C9H9O/c1-3-8-6-4-5-7-9(8)10-2/h4-7H,3H2,1H3. The van der Waals surface area contributed by atoms with Crippen LogP contribution in [0.5, 0.6) is 5.75 Å². The van der Waals surface area contributed by atoms with Gasteiger partial charge in [-0.15, -0.1) is 0 Å². The van der Waals surface area contributed by atoms with E-state index in [9.17, 15) is 0 Å². The molecule has 0 unspecified atom stereocenters. The molecule has 1 aromatic rings. The molecule has 0 saturated heterocycles. The number of hydrogen-bond donors (Lipinski definition) is 0. The predicted molar refractivity (Wildman–Crippen MR) is 39.7 cm³/mol. The molecule has 0 atom stereocenters. The summed E-state index contributed by atoms with van der Waals surface area (Å²) in [6, 6.07) is 7.57. The second-order valence-corrected chi connectivity index (χ2v) is 2.06. The molecule has 0 N–H and O–H groups in total. The van der Waals surface area contributed by atoms with Crippen LogP contribution in [0.4, 0.5) is 0 Å². The summed E-state index contributed by atoms with van der Waals surface area (Å²) in [5, 5.41) is 0. The van der Waals surface area contributed by atoms with Gasteiger partial charge in [0.25, 0.3) is 7.11 Å². The van der Waals surface area contributed by atoms with Crippen molar-refractivity contribution in [1.29, 1.82) is 0 Å². The molecule has 0 spiro atoms. The van der Waals surface area contributed by atoms with Gasteiger partial charge in [-0.25, -0.2) is 0 Å². The molecule has 0 amide bonds. The van der Waals surface area contributed by atoms with E-state index in [1.807, 2.05) is 25.1 Å². The Morgan fingerprint density at radius 2 is 2.10 bits per heavy atom. The lowest BCUT2D eigenvalue weighted by molar-refractivity contribution is 0.467. The van der Waals surface area contributed by atoms with Crippen molar-refractivity contribution in [2.24, 2.45) is 0 Å². The van der Waals surface area contributed by atoms with E-state index in [0.717, 1.165) is 12.0 Å². The summed E-state index contributed by atoms with van der Waals surface area (Å²) in [6.07, 6.45) is 0.912. The van der Waals surface area contributed by atoms with Crippen molar-refractivity contribution in [3.8, 4) is 5.75 Å². The van der Waals surface area contributed by atoms with E-state index < -0.39 is 0 Å². The van der Waals surface area contributed by atoms with Crippen LogP contribution in [0, 0.1) is 7.11 Å². The molecule has 0 aliphatic heterocycles. The van der Waals surface area contributed by atoms with Crippen molar-refractivity contribution in [2.45, 2.75) is 13.3 Å². The topological polar surface area (TPSA) is 9.23 Å². The van der Waals surface area contributed by atoms with Gasteiger partial charge >= 0.3 is 0 Å². The SMILES string of the molecule is [C]Oc1ccccc1CC. The van der Waals surface area contributed by atoms with Gasteiger partial charge in [0.1, 0.15) is 5.75 Å². The largest absolute Gasteiger partial charge is 0.473 e. The fourth-order valence-corrected chi connectivity index (χ4v) is 0.895. The second kappa shape index (κ2) is 3.25. The number of ether oxygens (including phenoxy) is 1. The molecule has 0 fully saturated rings. The van der Waals surface area contributed by atoms with Crippen LogP contribution < -0.4 is 4.74 Å². The third-order valence-electron chi connectivity index (χ3n) is 1.46. The molecule has 1 rings (SSSR count). The van der Waals surface area contributed by atoms with Gasteiger partial charge in [-0.1, -0.05) is 25.1 Å². The minimum atomic E-state index is 0.657. The summed E-state index contributed by atoms with van der Waals surface area (Å²) in [6.45, 7) is 2.04. The molecule has 1 heteroatoms. The molecule has 10 heavy (non-hydrogen) atoms. The molecule has 1 nitrogen and oxygen atoms in total. The van der Waals surface area contributed by atoms with Gasteiger partial charge < -0.3 is 4.74 Å². The summed E-state index contributed by atoms with van der Waals surface area (Å²) in [5.41, 5.74) is 1.08. The molecular weight excluding hydrogens is 124 g/mol. The van der Waals surface area contributed by atoms with Crippen LogP contribution in [0.25, 0.3) is 0 Å². The molecule has 1 aromatic carbocycles. The van der Waals surface area contributed by atoms with E-state index in [4.69, 9.17) is 7.11 Å². The summed E-state index contributed by atoms with van der Waals surface area (Å²) >= 11 is 0. The van der Waals surface area contributed by atoms with Crippen LogP contribution in [-0.2, 0) is 6.42 Å². The quantitative estimate of drug-likeness (QED) is 0.600. The Kier molecular flexibility index (Phi) is 2.32. The lowest BCUT2D eigenvalue weighted by Crippen LogP contribution is -1.86. The first-order chi connectivity index (χ1) is 4.88. The third-order valence-corrected chi connectivity index (χ3v) is 1.46. The van der Waals surface area contributed by atoms with Gasteiger partial charge in [0, 0.05) is 0 Å². The number of benzene rings is 1. The first-order valence-corrected chi connectivity index (χ1v) is 3.30. The van der Waals surface area contributed by atoms with Crippen LogP contribution in [0.1, 0.15) is 12.5 Å². The fraction of sp³-hybridized carbons (Fsp3) is 0.222. The van der Waals surface area contributed by atoms with Crippen LogP contribution in [0.2, 0.25) is 0 Å². The highest BCUT2D eigenvalue weighted by Crippen LogP contribution is 2.17. The Morgan fingerprint density at radius 3 is 2.60 bits per heavy atom. The maximum atomic E-state index is 6.69. The lowest BCUT2D eigenvalue weighted by atomic mass is 10.1. The smallest absolute Gasteiger partial charge is 0.253 e. The van der Waals surface area contributed by atoms with Gasteiger partial charge in [-0.2, -0.15) is 0 Å². The number of aryl methyl sites for hydroxylation is 1. The Balaban J connectivity index is 2.96. The lowest BCUT2D eigenvalue weighted by Gasteiger charge is -2.02. The molecule has 0 saturated carbocycles. The monoisotopic (exact) mass is 133 g/mol. The summed E-state index contributed by atoms with van der Waals surface area (Å²) in [5.74, 6) is 0.657. The third kappa shape index (κ3) is 1.29. The number of para-hydroxylation sites is 1. The molecule has 0 aromatic heterocycles. The van der Waals surface area contributed by atoms with Gasteiger partial charge in [0.05, 0.1) is 0 Å². The number of rotatable bonds is 2. The van der Waals surface area contributed by atoms with E-state index >= 15 is 0 Å². The Labute approximate surface area is 61.6 Å². The van der Waals surface area contributed by atoms with E-state index in [2.05, 4.69) is 4.74 Å². The molecule has 3 radical (unpaired) electrons. The highest BCUT2D eigenvalue weighted by molar-refractivity contribution is 5.33. The van der Waals surface area contributed by atoms with Gasteiger partial charge in [-0.3, -0.25) is 0 Å². The van der Waals surface area contributed by atoms with E-state index in [-0.39, 0.29) is 0 Å². The van der Waals surface area contributed by atoms with Crippen molar-refractivity contribution >= 4 is 0 Å². The van der Waals surface area contributed by atoms with E-state index in [1.165, 1.54) is 0 Å². The minimum absolute atomic E-state index is 0.657. The van der Waals surface area contributed by atoms with Crippen molar-refractivity contribution < 1.29 is 4.74 Å². The Morgan fingerprint density at radius 1 is 1.40 bits per heavy atom. The molecule has 51 valence electrons. The van der Waals surface area contributed by atoms with Crippen LogP contribution in [0.15, 0.2) is 24.3 Å².